The van der Waals surface area contributed by atoms with E-state index in [4.69, 9.17) is 15.2 Å². The number of nitro groups is 1. The van der Waals surface area contributed by atoms with Gasteiger partial charge in [-0.3, -0.25) is 14.9 Å². The number of ether oxygens (including phenoxy) is 2. The van der Waals surface area contributed by atoms with E-state index in [1.165, 1.54) is 26.4 Å². The van der Waals surface area contributed by atoms with Crippen molar-refractivity contribution in [2.24, 2.45) is 5.73 Å². The van der Waals surface area contributed by atoms with Crippen LogP contribution < -0.4 is 15.2 Å². The zero-order valence-electron chi connectivity index (χ0n) is 12.7. The minimum Gasteiger partial charge on any atom is -0.493 e. The lowest BCUT2D eigenvalue weighted by atomic mass is 10.1. The van der Waals surface area contributed by atoms with Gasteiger partial charge in [0.15, 0.2) is 11.5 Å². The third kappa shape index (κ3) is 2.69. The largest absolute Gasteiger partial charge is 0.493 e. The highest BCUT2D eigenvalue weighted by Crippen LogP contribution is 2.35. The number of methoxy groups -OCH3 is 2. The van der Waals surface area contributed by atoms with E-state index >= 15 is 0 Å². The van der Waals surface area contributed by atoms with Crippen LogP contribution in [0.2, 0.25) is 0 Å². The van der Waals surface area contributed by atoms with Crippen LogP contribution in [0.5, 0.6) is 11.5 Å². The van der Waals surface area contributed by atoms with Gasteiger partial charge in [0.05, 0.1) is 25.2 Å². The van der Waals surface area contributed by atoms with Crippen molar-refractivity contribution in [2.75, 3.05) is 20.8 Å². The number of hydrogen-bond acceptors (Lipinski definition) is 6. The maximum Gasteiger partial charge on any atom is 0.286 e. The fraction of sp³-hybridized carbons (Fsp3) is 0.500. The third-order valence-corrected chi connectivity index (χ3v) is 4.00. The second kappa shape index (κ2) is 6.18. The van der Waals surface area contributed by atoms with Crippen LogP contribution in [0, 0.1) is 10.1 Å². The van der Waals surface area contributed by atoms with E-state index in [1.807, 2.05) is 6.92 Å². The molecule has 8 heteroatoms. The Balaban J connectivity index is 2.49. The zero-order chi connectivity index (χ0) is 16.4. The Kier molecular flexibility index (Phi) is 4.51. The summed E-state index contributed by atoms with van der Waals surface area (Å²) in [6.45, 7) is 2.31. The lowest BCUT2D eigenvalue weighted by Crippen LogP contribution is -2.40. The molecule has 0 bridgehead atoms. The molecule has 1 saturated heterocycles. The summed E-state index contributed by atoms with van der Waals surface area (Å²) in [4.78, 5) is 24.9. The number of rotatable bonds is 4. The highest BCUT2D eigenvalue weighted by atomic mass is 16.6. The van der Waals surface area contributed by atoms with Crippen molar-refractivity contribution in [3.05, 3.63) is 27.8 Å². The zero-order valence-corrected chi connectivity index (χ0v) is 12.7. The first kappa shape index (κ1) is 16.0. The summed E-state index contributed by atoms with van der Waals surface area (Å²) < 4.78 is 10.2. The number of carbonyl (C=O) groups excluding carboxylic acids is 1. The van der Waals surface area contributed by atoms with E-state index in [0.29, 0.717) is 13.0 Å². The molecule has 8 nitrogen and oxygen atoms in total. The molecule has 0 aromatic heterocycles. The van der Waals surface area contributed by atoms with Gasteiger partial charge in [0, 0.05) is 24.7 Å². The van der Waals surface area contributed by atoms with Crippen LogP contribution in [-0.2, 0) is 0 Å². The van der Waals surface area contributed by atoms with Crippen molar-refractivity contribution >= 4 is 11.6 Å². The number of carbonyl (C=O) groups is 1. The summed E-state index contributed by atoms with van der Waals surface area (Å²) >= 11 is 0. The van der Waals surface area contributed by atoms with Crippen LogP contribution in [0.3, 0.4) is 0 Å². The molecule has 22 heavy (non-hydrogen) atoms. The Morgan fingerprint density at radius 3 is 2.41 bits per heavy atom. The van der Waals surface area contributed by atoms with Gasteiger partial charge in [-0.25, -0.2) is 0 Å². The summed E-state index contributed by atoms with van der Waals surface area (Å²) in [6, 6.07) is 2.26. The van der Waals surface area contributed by atoms with Crippen LogP contribution >= 0.6 is 0 Å². The molecule has 0 saturated carbocycles. The minimum atomic E-state index is -0.601. The molecule has 1 fully saturated rings. The molecule has 0 spiro atoms. The molecule has 2 rings (SSSR count). The standard InChI is InChI=1S/C14H19N3O5/c1-8-10(15)4-5-16(8)14(18)9-6-12(21-2)13(22-3)7-11(9)17(19)20/h6-8,10H,4-5,15H2,1-3H3. The van der Waals surface area contributed by atoms with Gasteiger partial charge in [-0.2, -0.15) is 0 Å². The Hall–Kier alpha value is -2.35. The molecule has 120 valence electrons. The van der Waals surface area contributed by atoms with Crippen molar-refractivity contribution in [1.82, 2.24) is 4.90 Å². The van der Waals surface area contributed by atoms with E-state index < -0.39 is 10.8 Å². The number of benzene rings is 1. The second-order valence-corrected chi connectivity index (χ2v) is 5.17. The molecule has 1 amide bonds. The predicted octanol–water partition coefficient (Wildman–Crippen LogP) is 1.17. The van der Waals surface area contributed by atoms with E-state index in [-0.39, 0.29) is 34.8 Å². The first-order valence-electron chi connectivity index (χ1n) is 6.87. The van der Waals surface area contributed by atoms with Crippen LogP contribution in [-0.4, -0.2) is 48.6 Å². The van der Waals surface area contributed by atoms with Crippen LogP contribution in [0.4, 0.5) is 5.69 Å². The monoisotopic (exact) mass is 309 g/mol. The topological polar surface area (TPSA) is 108 Å². The molecule has 2 atom stereocenters. The Bertz CT molecular complexity index is 604. The van der Waals surface area contributed by atoms with Gasteiger partial charge >= 0.3 is 0 Å². The fourth-order valence-corrected chi connectivity index (χ4v) is 2.60. The smallest absolute Gasteiger partial charge is 0.286 e. The van der Waals surface area contributed by atoms with Crippen molar-refractivity contribution in [2.45, 2.75) is 25.4 Å². The first-order chi connectivity index (χ1) is 10.4. The number of nitrogens with zero attached hydrogens (tertiary/aromatic N) is 2. The van der Waals surface area contributed by atoms with Gasteiger partial charge in [-0.05, 0) is 13.3 Å². The van der Waals surface area contributed by atoms with E-state index in [1.54, 1.807) is 4.90 Å². The van der Waals surface area contributed by atoms with Crippen LogP contribution in [0.1, 0.15) is 23.7 Å². The van der Waals surface area contributed by atoms with Gasteiger partial charge in [0.25, 0.3) is 11.6 Å². The maximum absolute atomic E-state index is 12.7. The average molecular weight is 309 g/mol. The number of hydrogen-bond donors (Lipinski definition) is 1. The lowest BCUT2D eigenvalue weighted by molar-refractivity contribution is -0.385. The third-order valence-electron chi connectivity index (χ3n) is 4.00. The summed E-state index contributed by atoms with van der Waals surface area (Å²) in [6.07, 6.45) is 0.675. The van der Waals surface area contributed by atoms with Crippen molar-refractivity contribution in [3.8, 4) is 11.5 Å². The molecule has 0 radical (unpaired) electrons. The van der Waals surface area contributed by atoms with Crippen LogP contribution in [0.15, 0.2) is 12.1 Å². The quantitative estimate of drug-likeness (QED) is 0.660. The predicted molar refractivity (Wildman–Crippen MR) is 79.3 cm³/mol. The average Bonchev–Trinajstić information content (AvgIpc) is 2.84. The summed E-state index contributed by atoms with van der Waals surface area (Å²) in [5.41, 5.74) is 5.58. The number of amides is 1. The summed E-state index contributed by atoms with van der Waals surface area (Å²) in [5, 5.41) is 11.3. The van der Waals surface area contributed by atoms with Gasteiger partial charge < -0.3 is 20.1 Å². The SMILES string of the molecule is COc1cc(C(=O)N2CCC(N)C2C)c([N+](=O)[O-])cc1OC. The molecule has 0 aliphatic carbocycles. The van der Waals surface area contributed by atoms with Crippen LogP contribution in [0.25, 0.3) is 0 Å². The number of nitro benzene ring substituents is 1. The Morgan fingerprint density at radius 2 is 1.95 bits per heavy atom. The molecular formula is C14H19N3O5. The van der Waals surface area contributed by atoms with E-state index in [9.17, 15) is 14.9 Å². The Morgan fingerprint density at radius 1 is 1.36 bits per heavy atom. The van der Waals surface area contributed by atoms with Gasteiger partial charge in [0.1, 0.15) is 5.56 Å². The number of nitrogens with two attached hydrogens (primary N) is 1. The molecule has 1 aliphatic rings. The molecule has 1 aromatic rings. The van der Waals surface area contributed by atoms with E-state index in [2.05, 4.69) is 0 Å². The summed E-state index contributed by atoms with van der Waals surface area (Å²) in [5.74, 6) is 0.0534. The lowest BCUT2D eigenvalue weighted by Gasteiger charge is -2.23. The second-order valence-electron chi connectivity index (χ2n) is 5.17. The van der Waals surface area contributed by atoms with Gasteiger partial charge in [-0.15, -0.1) is 0 Å². The fourth-order valence-electron chi connectivity index (χ4n) is 2.60. The van der Waals surface area contributed by atoms with Crippen molar-refractivity contribution < 1.29 is 19.2 Å². The molecule has 1 aliphatic heterocycles. The van der Waals surface area contributed by atoms with Gasteiger partial charge in [0.2, 0.25) is 0 Å². The maximum atomic E-state index is 12.7. The highest BCUT2D eigenvalue weighted by molar-refractivity contribution is 5.99. The molecular weight excluding hydrogens is 290 g/mol. The summed E-state index contributed by atoms with van der Waals surface area (Å²) in [7, 11) is 2.79. The molecule has 2 unspecified atom stereocenters. The number of likely N-dealkylation sites (tertiary alicyclic amines) is 1. The first-order valence-corrected chi connectivity index (χ1v) is 6.87. The van der Waals surface area contributed by atoms with E-state index in [0.717, 1.165) is 0 Å². The molecule has 1 aromatic carbocycles. The molecule has 1 heterocycles. The molecule has 2 N–H and O–H groups in total. The normalized spacial score (nSPS) is 20.8. The highest BCUT2D eigenvalue weighted by Gasteiger charge is 2.35. The minimum absolute atomic E-state index is 0.0244. The Labute approximate surface area is 127 Å². The van der Waals surface area contributed by atoms with Gasteiger partial charge in [-0.1, -0.05) is 0 Å². The van der Waals surface area contributed by atoms with Crippen molar-refractivity contribution in [3.63, 3.8) is 0 Å². The van der Waals surface area contributed by atoms with Crippen molar-refractivity contribution in [1.29, 1.82) is 0 Å².